The standard InChI is InChI=1S/C18H23N3O3/c1-2-12-3-5-14(6-4-12)21-16(22)11-15(18(21)24)20-9-7-13(8-10-20)17(19)23/h3-6,13,15H,2,7-11H2,1H3,(H2,19,23)/t15-/m1/s1. The molecule has 0 aliphatic carbocycles. The fraction of sp³-hybridized carbons (Fsp3) is 0.500. The van der Waals surface area contributed by atoms with Crippen molar-refractivity contribution in [1.29, 1.82) is 0 Å². The van der Waals surface area contributed by atoms with Crippen LogP contribution >= 0.6 is 0 Å². The van der Waals surface area contributed by atoms with Crippen molar-refractivity contribution in [3.63, 3.8) is 0 Å². The van der Waals surface area contributed by atoms with Gasteiger partial charge in [-0.3, -0.25) is 19.3 Å². The predicted octanol–water partition coefficient (Wildman–Crippen LogP) is 1.08. The molecule has 2 fully saturated rings. The van der Waals surface area contributed by atoms with Crippen molar-refractivity contribution < 1.29 is 14.4 Å². The zero-order valence-corrected chi connectivity index (χ0v) is 13.9. The number of anilines is 1. The molecule has 2 aliphatic rings. The number of aryl methyl sites for hydroxylation is 1. The van der Waals surface area contributed by atoms with E-state index in [1.165, 1.54) is 10.5 Å². The molecule has 0 aromatic heterocycles. The van der Waals surface area contributed by atoms with Gasteiger partial charge in [-0.15, -0.1) is 0 Å². The highest BCUT2D eigenvalue weighted by molar-refractivity contribution is 6.22. The second-order valence-corrected chi connectivity index (χ2v) is 6.52. The number of hydrogen-bond donors (Lipinski definition) is 1. The maximum atomic E-state index is 12.8. The van der Waals surface area contributed by atoms with Crippen LogP contribution in [0.25, 0.3) is 0 Å². The highest BCUT2D eigenvalue weighted by atomic mass is 16.2. The molecule has 128 valence electrons. The van der Waals surface area contributed by atoms with Gasteiger partial charge in [-0.1, -0.05) is 19.1 Å². The Hall–Kier alpha value is -2.21. The number of likely N-dealkylation sites (tertiary alicyclic amines) is 1. The summed E-state index contributed by atoms with van der Waals surface area (Å²) < 4.78 is 0. The van der Waals surface area contributed by atoms with Crippen molar-refractivity contribution in [1.82, 2.24) is 4.90 Å². The van der Waals surface area contributed by atoms with Crippen molar-refractivity contribution in [2.75, 3.05) is 18.0 Å². The van der Waals surface area contributed by atoms with Crippen molar-refractivity contribution in [3.05, 3.63) is 29.8 Å². The summed E-state index contributed by atoms with van der Waals surface area (Å²) in [6.07, 6.45) is 2.42. The van der Waals surface area contributed by atoms with Gasteiger partial charge in [0.2, 0.25) is 11.8 Å². The smallest absolute Gasteiger partial charge is 0.251 e. The average Bonchev–Trinajstić information content (AvgIpc) is 2.89. The maximum absolute atomic E-state index is 12.8. The van der Waals surface area contributed by atoms with E-state index in [-0.39, 0.29) is 30.1 Å². The van der Waals surface area contributed by atoms with E-state index in [0.717, 1.165) is 6.42 Å². The van der Waals surface area contributed by atoms with Gasteiger partial charge in [0.25, 0.3) is 5.91 Å². The molecule has 3 rings (SSSR count). The Morgan fingerprint density at radius 1 is 1.17 bits per heavy atom. The molecule has 2 heterocycles. The SMILES string of the molecule is CCc1ccc(N2C(=O)C[C@@H](N3CCC(C(N)=O)CC3)C2=O)cc1. The van der Waals surface area contributed by atoms with Gasteiger partial charge >= 0.3 is 0 Å². The lowest BCUT2D eigenvalue weighted by Gasteiger charge is -2.33. The summed E-state index contributed by atoms with van der Waals surface area (Å²) in [6.45, 7) is 3.31. The van der Waals surface area contributed by atoms with Crippen LogP contribution < -0.4 is 10.6 Å². The fourth-order valence-electron chi connectivity index (χ4n) is 3.55. The Bertz CT molecular complexity index is 648. The number of nitrogens with zero attached hydrogens (tertiary/aromatic N) is 2. The first-order valence-electron chi connectivity index (χ1n) is 8.50. The third-order valence-electron chi connectivity index (χ3n) is 5.10. The quantitative estimate of drug-likeness (QED) is 0.838. The number of carbonyl (C=O) groups is 3. The molecule has 0 saturated carbocycles. The molecule has 0 radical (unpaired) electrons. The third-order valence-corrected chi connectivity index (χ3v) is 5.10. The Labute approximate surface area is 141 Å². The van der Waals surface area contributed by atoms with Gasteiger partial charge in [0.15, 0.2) is 0 Å². The summed E-state index contributed by atoms with van der Waals surface area (Å²) >= 11 is 0. The number of piperidine rings is 1. The minimum absolute atomic E-state index is 0.119. The summed E-state index contributed by atoms with van der Waals surface area (Å²) in [6, 6.07) is 7.13. The second kappa shape index (κ2) is 6.73. The Morgan fingerprint density at radius 2 is 1.79 bits per heavy atom. The van der Waals surface area contributed by atoms with Crippen molar-refractivity contribution in [3.8, 4) is 0 Å². The number of nitrogens with two attached hydrogens (primary N) is 1. The molecule has 1 aromatic carbocycles. The van der Waals surface area contributed by atoms with Crippen LogP contribution in [-0.4, -0.2) is 41.8 Å². The molecule has 2 saturated heterocycles. The molecular weight excluding hydrogens is 306 g/mol. The van der Waals surface area contributed by atoms with Crippen LogP contribution in [0.1, 0.15) is 31.7 Å². The van der Waals surface area contributed by atoms with E-state index < -0.39 is 6.04 Å². The van der Waals surface area contributed by atoms with Gasteiger partial charge in [-0.2, -0.15) is 0 Å². The summed E-state index contributed by atoms with van der Waals surface area (Å²) in [5.74, 6) is -0.722. The lowest BCUT2D eigenvalue weighted by atomic mass is 9.95. The van der Waals surface area contributed by atoms with Gasteiger partial charge < -0.3 is 5.73 Å². The molecule has 1 aromatic rings. The molecule has 1 atom stereocenters. The summed E-state index contributed by atoms with van der Waals surface area (Å²) in [4.78, 5) is 39.7. The van der Waals surface area contributed by atoms with E-state index >= 15 is 0 Å². The van der Waals surface area contributed by atoms with E-state index in [4.69, 9.17) is 5.73 Å². The Balaban J connectivity index is 1.71. The lowest BCUT2D eigenvalue weighted by molar-refractivity contribution is -0.124. The Kier molecular flexibility index (Phi) is 4.66. The molecule has 2 N–H and O–H groups in total. The fourth-order valence-corrected chi connectivity index (χ4v) is 3.55. The predicted molar refractivity (Wildman–Crippen MR) is 90.2 cm³/mol. The minimum atomic E-state index is -0.419. The first-order chi connectivity index (χ1) is 11.5. The molecule has 0 unspecified atom stereocenters. The monoisotopic (exact) mass is 329 g/mol. The summed E-state index contributed by atoms with van der Waals surface area (Å²) in [5, 5.41) is 0. The van der Waals surface area contributed by atoms with Crippen molar-refractivity contribution in [2.45, 2.75) is 38.6 Å². The van der Waals surface area contributed by atoms with Crippen LogP contribution in [0.2, 0.25) is 0 Å². The van der Waals surface area contributed by atoms with Crippen LogP contribution in [0.4, 0.5) is 5.69 Å². The van der Waals surface area contributed by atoms with E-state index in [1.54, 1.807) is 0 Å². The largest absolute Gasteiger partial charge is 0.369 e. The molecular formula is C18H23N3O3. The van der Waals surface area contributed by atoms with E-state index in [1.807, 2.05) is 29.2 Å². The number of imide groups is 1. The zero-order chi connectivity index (χ0) is 17.3. The van der Waals surface area contributed by atoms with E-state index in [2.05, 4.69) is 6.92 Å². The first kappa shape index (κ1) is 16.6. The zero-order valence-electron chi connectivity index (χ0n) is 13.9. The van der Waals surface area contributed by atoms with Gasteiger partial charge in [-0.05, 0) is 50.0 Å². The van der Waals surface area contributed by atoms with E-state index in [0.29, 0.717) is 31.6 Å². The molecule has 24 heavy (non-hydrogen) atoms. The first-order valence-corrected chi connectivity index (χ1v) is 8.50. The van der Waals surface area contributed by atoms with Crippen LogP contribution in [0, 0.1) is 5.92 Å². The number of amides is 3. The summed E-state index contributed by atoms with van der Waals surface area (Å²) in [5.41, 5.74) is 7.16. The van der Waals surface area contributed by atoms with Gasteiger partial charge in [0.1, 0.15) is 0 Å². The average molecular weight is 329 g/mol. The Morgan fingerprint density at radius 3 is 2.33 bits per heavy atom. The molecule has 0 spiro atoms. The normalized spacial score (nSPS) is 23.0. The maximum Gasteiger partial charge on any atom is 0.251 e. The highest BCUT2D eigenvalue weighted by Crippen LogP contribution is 2.28. The van der Waals surface area contributed by atoms with Crippen molar-refractivity contribution in [2.24, 2.45) is 11.7 Å². The molecule has 0 bridgehead atoms. The highest BCUT2D eigenvalue weighted by Gasteiger charge is 2.43. The third kappa shape index (κ3) is 3.06. The van der Waals surface area contributed by atoms with Gasteiger partial charge in [0, 0.05) is 5.92 Å². The second-order valence-electron chi connectivity index (χ2n) is 6.52. The number of carbonyl (C=O) groups excluding carboxylic acids is 3. The summed E-state index contributed by atoms with van der Waals surface area (Å²) in [7, 11) is 0. The van der Waals surface area contributed by atoms with Gasteiger partial charge in [-0.25, -0.2) is 4.90 Å². The van der Waals surface area contributed by atoms with Crippen LogP contribution in [0.5, 0.6) is 0 Å². The van der Waals surface area contributed by atoms with Crippen LogP contribution in [0.3, 0.4) is 0 Å². The van der Waals surface area contributed by atoms with Crippen LogP contribution in [0.15, 0.2) is 24.3 Å². The molecule has 3 amide bonds. The molecule has 6 nitrogen and oxygen atoms in total. The number of benzene rings is 1. The van der Waals surface area contributed by atoms with Crippen LogP contribution in [-0.2, 0) is 20.8 Å². The number of hydrogen-bond acceptors (Lipinski definition) is 4. The topological polar surface area (TPSA) is 83.7 Å². The lowest BCUT2D eigenvalue weighted by Crippen LogP contribution is -2.47. The van der Waals surface area contributed by atoms with Gasteiger partial charge in [0.05, 0.1) is 18.2 Å². The van der Waals surface area contributed by atoms with E-state index in [9.17, 15) is 14.4 Å². The molecule has 2 aliphatic heterocycles. The minimum Gasteiger partial charge on any atom is -0.369 e. The number of primary amides is 1. The van der Waals surface area contributed by atoms with Crippen molar-refractivity contribution >= 4 is 23.4 Å². The number of rotatable bonds is 4. The molecule has 6 heteroatoms.